The van der Waals surface area contributed by atoms with Crippen LogP contribution in [-0.2, 0) is 0 Å². The Bertz CT molecular complexity index is 566. The maximum atomic E-state index is 9.99. The maximum absolute atomic E-state index is 9.99. The summed E-state index contributed by atoms with van der Waals surface area (Å²) >= 11 is 0. The number of anilines is 2. The molecule has 7 heteroatoms. The normalized spacial score (nSPS) is 10.1. The highest BCUT2D eigenvalue weighted by atomic mass is 16.5. The summed E-state index contributed by atoms with van der Waals surface area (Å²) < 4.78 is 6.26. The first-order valence-corrected chi connectivity index (χ1v) is 5.14. The Morgan fingerprint density at radius 1 is 1.50 bits per heavy atom. The standard InChI is InChI=1S/C11H13N5O2/c1-18-10-5-3-2-4-9(10)16(17)11(13)15-7-8(12)6-14-15/h2-7,13,17H,12H2,1H3. The van der Waals surface area contributed by atoms with E-state index < -0.39 is 0 Å². The van der Waals surface area contributed by atoms with Gasteiger partial charge in [-0.3, -0.25) is 10.6 Å². The Morgan fingerprint density at radius 2 is 2.22 bits per heavy atom. The summed E-state index contributed by atoms with van der Waals surface area (Å²) in [7, 11) is 1.49. The Balaban J connectivity index is 2.31. The fraction of sp³-hybridized carbons (Fsp3) is 0.0909. The van der Waals surface area contributed by atoms with Crippen LogP contribution in [0.1, 0.15) is 0 Å². The zero-order valence-electron chi connectivity index (χ0n) is 9.74. The third-order valence-corrected chi connectivity index (χ3v) is 2.33. The van der Waals surface area contributed by atoms with Crippen LogP contribution in [0.5, 0.6) is 5.75 Å². The van der Waals surface area contributed by atoms with Crippen LogP contribution >= 0.6 is 0 Å². The molecule has 0 unspecified atom stereocenters. The Labute approximate surface area is 103 Å². The van der Waals surface area contributed by atoms with E-state index in [0.29, 0.717) is 22.2 Å². The first-order chi connectivity index (χ1) is 8.63. The lowest BCUT2D eigenvalue weighted by Gasteiger charge is -2.19. The molecule has 2 rings (SSSR count). The average Bonchev–Trinajstić information content (AvgIpc) is 2.83. The van der Waals surface area contributed by atoms with Crippen LogP contribution in [0.3, 0.4) is 0 Å². The smallest absolute Gasteiger partial charge is 0.248 e. The van der Waals surface area contributed by atoms with Crippen molar-refractivity contribution < 1.29 is 9.94 Å². The van der Waals surface area contributed by atoms with Crippen molar-refractivity contribution in [2.75, 3.05) is 17.9 Å². The van der Waals surface area contributed by atoms with E-state index in [1.54, 1.807) is 24.3 Å². The zero-order valence-corrected chi connectivity index (χ0v) is 9.74. The highest BCUT2D eigenvalue weighted by Gasteiger charge is 2.16. The van der Waals surface area contributed by atoms with Crippen molar-refractivity contribution in [2.45, 2.75) is 0 Å². The van der Waals surface area contributed by atoms with Gasteiger partial charge in [-0.25, -0.2) is 4.68 Å². The summed E-state index contributed by atoms with van der Waals surface area (Å²) in [6.45, 7) is 0. The monoisotopic (exact) mass is 247 g/mol. The van der Waals surface area contributed by atoms with Gasteiger partial charge in [0.1, 0.15) is 11.4 Å². The molecule has 7 nitrogen and oxygen atoms in total. The molecule has 0 amide bonds. The lowest BCUT2D eigenvalue weighted by Crippen LogP contribution is -2.32. The van der Waals surface area contributed by atoms with E-state index in [1.165, 1.54) is 19.5 Å². The van der Waals surface area contributed by atoms with Crippen molar-refractivity contribution in [3.05, 3.63) is 36.7 Å². The number of rotatable bonds is 2. The SMILES string of the molecule is COc1ccccc1N(O)C(=N)n1cc(N)cn1. The number of nitrogens with one attached hydrogen (secondary N) is 1. The summed E-state index contributed by atoms with van der Waals surface area (Å²) in [5.74, 6) is 0.195. The van der Waals surface area contributed by atoms with Gasteiger partial charge >= 0.3 is 0 Å². The molecule has 0 aliphatic heterocycles. The molecule has 1 aromatic heterocycles. The van der Waals surface area contributed by atoms with Gasteiger partial charge < -0.3 is 10.5 Å². The summed E-state index contributed by atoms with van der Waals surface area (Å²) in [5.41, 5.74) is 6.26. The van der Waals surface area contributed by atoms with Crippen molar-refractivity contribution >= 4 is 17.3 Å². The van der Waals surface area contributed by atoms with Crippen LogP contribution < -0.4 is 15.5 Å². The molecular weight excluding hydrogens is 234 g/mol. The van der Waals surface area contributed by atoms with Gasteiger partial charge in [0.25, 0.3) is 0 Å². The van der Waals surface area contributed by atoms with E-state index >= 15 is 0 Å². The molecule has 18 heavy (non-hydrogen) atoms. The topological polar surface area (TPSA) is 100 Å². The van der Waals surface area contributed by atoms with Crippen molar-refractivity contribution in [3.8, 4) is 5.75 Å². The lowest BCUT2D eigenvalue weighted by molar-refractivity contribution is 0.299. The van der Waals surface area contributed by atoms with Crippen LogP contribution in [-0.4, -0.2) is 28.1 Å². The molecule has 0 fully saturated rings. The summed E-state index contributed by atoms with van der Waals surface area (Å²) in [6, 6.07) is 6.81. The lowest BCUT2D eigenvalue weighted by atomic mass is 10.3. The first-order valence-electron chi connectivity index (χ1n) is 5.14. The average molecular weight is 247 g/mol. The largest absolute Gasteiger partial charge is 0.494 e. The Kier molecular flexibility index (Phi) is 3.16. The number of benzene rings is 1. The fourth-order valence-electron chi connectivity index (χ4n) is 1.47. The second-order valence-electron chi connectivity index (χ2n) is 3.53. The fourth-order valence-corrected chi connectivity index (χ4v) is 1.47. The minimum Gasteiger partial charge on any atom is -0.494 e. The Morgan fingerprint density at radius 3 is 2.83 bits per heavy atom. The number of para-hydroxylation sites is 2. The van der Waals surface area contributed by atoms with Crippen LogP contribution in [0.4, 0.5) is 11.4 Å². The van der Waals surface area contributed by atoms with Crippen LogP contribution in [0.15, 0.2) is 36.7 Å². The van der Waals surface area contributed by atoms with Gasteiger partial charge in [-0.15, -0.1) is 0 Å². The molecule has 0 atom stereocenters. The van der Waals surface area contributed by atoms with Crippen LogP contribution in [0.25, 0.3) is 0 Å². The van der Waals surface area contributed by atoms with Crippen LogP contribution in [0, 0.1) is 5.41 Å². The predicted molar refractivity (Wildman–Crippen MR) is 67.0 cm³/mol. The van der Waals surface area contributed by atoms with Gasteiger partial charge in [0.2, 0.25) is 5.96 Å². The third-order valence-electron chi connectivity index (χ3n) is 2.33. The van der Waals surface area contributed by atoms with E-state index in [2.05, 4.69) is 5.10 Å². The molecule has 94 valence electrons. The molecule has 2 aromatic rings. The van der Waals surface area contributed by atoms with Gasteiger partial charge in [0, 0.05) is 0 Å². The molecule has 4 N–H and O–H groups in total. The molecule has 0 radical (unpaired) electrons. The second kappa shape index (κ2) is 4.76. The highest BCUT2D eigenvalue weighted by Crippen LogP contribution is 2.26. The molecular formula is C11H13N5O2. The van der Waals surface area contributed by atoms with E-state index in [9.17, 15) is 5.21 Å². The molecule has 1 heterocycles. The maximum Gasteiger partial charge on any atom is 0.248 e. The molecule has 0 aliphatic carbocycles. The highest BCUT2D eigenvalue weighted by molar-refractivity contribution is 5.94. The van der Waals surface area contributed by atoms with E-state index in [0.717, 1.165) is 4.68 Å². The number of ether oxygens (including phenoxy) is 1. The number of hydroxylamine groups is 1. The van der Waals surface area contributed by atoms with Crippen molar-refractivity contribution in [3.63, 3.8) is 0 Å². The molecule has 1 aromatic carbocycles. The van der Waals surface area contributed by atoms with Crippen molar-refractivity contribution in [1.82, 2.24) is 9.78 Å². The summed E-state index contributed by atoms with van der Waals surface area (Å²) in [6.07, 6.45) is 2.82. The van der Waals surface area contributed by atoms with Gasteiger partial charge in [0.05, 0.1) is 25.2 Å². The quantitative estimate of drug-likeness (QED) is 0.420. The zero-order chi connectivity index (χ0) is 13.1. The van der Waals surface area contributed by atoms with E-state index in [4.69, 9.17) is 15.9 Å². The van der Waals surface area contributed by atoms with E-state index in [-0.39, 0.29) is 5.96 Å². The number of nitrogen functional groups attached to an aromatic ring is 1. The number of nitrogens with two attached hydrogens (primary N) is 1. The van der Waals surface area contributed by atoms with E-state index in [1.807, 2.05) is 0 Å². The van der Waals surface area contributed by atoms with Crippen LogP contribution in [0.2, 0.25) is 0 Å². The predicted octanol–water partition coefficient (Wildman–Crippen LogP) is 1.15. The molecule has 0 aliphatic rings. The van der Waals surface area contributed by atoms with Gasteiger partial charge in [-0.2, -0.15) is 10.2 Å². The minimum absolute atomic E-state index is 0.254. The van der Waals surface area contributed by atoms with Crippen molar-refractivity contribution in [2.24, 2.45) is 0 Å². The molecule has 0 saturated heterocycles. The summed E-state index contributed by atoms with van der Waals surface area (Å²) in [4.78, 5) is 0. The van der Waals surface area contributed by atoms with Crippen molar-refractivity contribution in [1.29, 1.82) is 5.41 Å². The number of nitrogens with zero attached hydrogens (tertiary/aromatic N) is 3. The molecule has 0 spiro atoms. The van der Waals surface area contributed by atoms with Gasteiger partial charge in [-0.1, -0.05) is 12.1 Å². The Hall–Kier alpha value is -2.54. The van der Waals surface area contributed by atoms with Gasteiger partial charge in [-0.05, 0) is 12.1 Å². The second-order valence-corrected chi connectivity index (χ2v) is 3.53. The number of hydrogen-bond acceptors (Lipinski definition) is 5. The molecule has 0 bridgehead atoms. The molecule has 0 saturated carbocycles. The number of aromatic nitrogens is 2. The number of hydrogen-bond donors (Lipinski definition) is 3. The number of methoxy groups -OCH3 is 1. The minimum atomic E-state index is -0.254. The first kappa shape index (κ1) is 11.9. The summed E-state index contributed by atoms with van der Waals surface area (Å²) in [5, 5.41) is 22.3. The third kappa shape index (κ3) is 2.11. The van der Waals surface area contributed by atoms with Gasteiger partial charge in [0.15, 0.2) is 0 Å².